The van der Waals surface area contributed by atoms with E-state index < -0.39 is 0 Å². The van der Waals surface area contributed by atoms with Gasteiger partial charge in [-0.1, -0.05) is 0 Å². The van der Waals surface area contributed by atoms with Crippen molar-refractivity contribution in [3.8, 4) is 22.9 Å². The average Bonchev–Trinajstić information content (AvgIpc) is 2.67. The Bertz CT molecular complexity index is 1040. The molecule has 0 atom stereocenters. The lowest BCUT2D eigenvalue weighted by atomic mass is 9.97. The van der Waals surface area contributed by atoms with Crippen LogP contribution in [0.15, 0.2) is 48.5 Å². The molecule has 2 heterocycles. The molecule has 0 unspecified atom stereocenters. The molecule has 0 aliphatic rings. The molecule has 0 fully saturated rings. The second-order valence-corrected chi connectivity index (χ2v) is 6.44. The fraction of sp³-hybridized carbons (Fsp3) is 0.182. The third kappa shape index (κ3) is 2.73. The minimum atomic E-state index is 0.634. The van der Waals surface area contributed by atoms with E-state index in [9.17, 15) is 0 Å². The van der Waals surface area contributed by atoms with Crippen LogP contribution in [0.25, 0.3) is 32.9 Å². The molecule has 26 heavy (non-hydrogen) atoms. The topological polar surface area (TPSA) is 44.2 Å². The van der Waals surface area contributed by atoms with E-state index in [1.54, 1.807) is 14.2 Å². The van der Waals surface area contributed by atoms with Gasteiger partial charge in [0.15, 0.2) is 0 Å². The summed E-state index contributed by atoms with van der Waals surface area (Å²) < 4.78 is 10.5. The summed E-state index contributed by atoms with van der Waals surface area (Å²) in [6.45, 7) is 4.16. The van der Waals surface area contributed by atoms with Gasteiger partial charge in [-0.15, -0.1) is 0 Å². The maximum atomic E-state index is 5.25. The summed E-state index contributed by atoms with van der Waals surface area (Å²) in [5, 5.41) is 2.21. The maximum absolute atomic E-state index is 5.25. The first-order valence-electron chi connectivity index (χ1n) is 8.50. The molecule has 0 aliphatic carbocycles. The Labute approximate surface area is 152 Å². The fourth-order valence-electron chi connectivity index (χ4n) is 3.35. The molecule has 4 aromatic rings. The molecule has 0 spiro atoms. The van der Waals surface area contributed by atoms with E-state index in [4.69, 9.17) is 9.47 Å². The van der Waals surface area contributed by atoms with Crippen LogP contribution in [-0.4, -0.2) is 24.2 Å². The van der Waals surface area contributed by atoms with Crippen molar-refractivity contribution >= 4 is 21.8 Å². The summed E-state index contributed by atoms with van der Waals surface area (Å²) >= 11 is 0. The Morgan fingerprint density at radius 2 is 1.04 bits per heavy atom. The number of aryl methyl sites for hydroxylation is 2. The van der Waals surface area contributed by atoms with Crippen molar-refractivity contribution in [1.82, 2.24) is 9.97 Å². The summed E-state index contributed by atoms with van der Waals surface area (Å²) in [5.41, 5.74) is 6.53. The molecule has 2 aromatic carbocycles. The number of aromatic nitrogens is 2. The summed E-state index contributed by atoms with van der Waals surface area (Å²) in [6.07, 6.45) is 0. The van der Waals surface area contributed by atoms with Gasteiger partial charge >= 0.3 is 0 Å². The Morgan fingerprint density at radius 3 is 1.42 bits per heavy atom. The predicted molar refractivity (Wildman–Crippen MR) is 105 cm³/mol. The van der Waals surface area contributed by atoms with Crippen molar-refractivity contribution in [2.24, 2.45) is 0 Å². The number of methoxy groups -OCH3 is 2. The van der Waals surface area contributed by atoms with Crippen molar-refractivity contribution in [3.63, 3.8) is 0 Å². The number of hydrogen-bond donors (Lipinski definition) is 0. The molecule has 2 aromatic heterocycles. The average molecular weight is 344 g/mol. The van der Waals surface area contributed by atoms with Gasteiger partial charge in [0.25, 0.3) is 0 Å². The van der Waals surface area contributed by atoms with Gasteiger partial charge in [-0.05, 0) is 72.5 Å². The molecule has 130 valence electrons. The molecule has 0 saturated heterocycles. The third-order valence-electron chi connectivity index (χ3n) is 4.67. The minimum absolute atomic E-state index is 0.634. The third-order valence-corrected chi connectivity index (χ3v) is 4.67. The largest absolute Gasteiger partial charge is 0.481 e. The van der Waals surface area contributed by atoms with Crippen LogP contribution < -0.4 is 9.47 Å². The molecule has 0 aliphatic heterocycles. The number of fused-ring (bicyclic) bond motifs is 2. The summed E-state index contributed by atoms with van der Waals surface area (Å²) in [7, 11) is 3.28. The van der Waals surface area contributed by atoms with E-state index in [0.717, 1.165) is 32.9 Å². The molecule has 4 nitrogen and oxygen atoms in total. The first-order chi connectivity index (χ1) is 12.6. The maximum Gasteiger partial charge on any atom is 0.213 e. The highest BCUT2D eigenvalue weighted by Gasteiger charge is 2.09. The second kappa shape index (κ2) is 6.30. The zero-order chi connectivity index (χ0) is 18.3. The van der Waals surface area contributed by atoms with Gasteiger partial charge in [-0.3, -0.25) is 0 Å². The summed E-state index contributed by atoms with van der Waals surface area (Å²) in [6, 6.07) is 16.6. The Balaban J connectivity index is 1.89. The molecular formula is C22H20N2O2. The van der Waals surface area contributed by atoms with Crippen LogP contribution in [0, 0.1) is 13.8 Å². The zero-order valence-electron chi connectivity index (χ0n) is 15.3. The molecule has 0 amide bonds. The highest BCUT2D eigenvalue weighted by Crippen LogP contribution is 2.31. The Hall–Kier alpha value is -3.14. The van der Waals surface area contributed by atoms with E-state index in [0.29, 0.717) is 11.8 Å². The van der Waals surface area contributed by atoms with Gasteiger partial charge < -0.3 is 9.47 Å². The van der Waals surface area contributed by atoms with E-state index in [1.807, 2.05) is 12.1 Å². The summed E-state index contributed by atoms with van der Waals surface area (Å²) in [5.74, 6) is 1.27. The normalized spacial score (nSPS) is 11.1. The molecule has 0 saturated carbocycles. The lowest BCUT2D eigenvalue weighted by Gasteiger charge is -2.11. The number of hydrogen-bond acceptors (Lipinski definition) is 4. The van der Waals surface area contributed by atoms with Crippen molar-refractivity contribution in [1.29, 1.82) is 0 Å². The van der Waals surface area contributed by atoms with E-state index in [1.165, 1.54) is 11.1 Å². The fourth-order valence-corrected chi connectivity index (χ4v) is 3.35. The van der Waals surface area contributed by atoms with Crippen LogP contribution in [0.4, 0.5) is 0 Å². The Morgan fingerprint density at radius 1 is 0.615 bits per heavy atom. The summed E-state index contributed by atoms with van der Waals surface area (Å²) in [4.78, 5) is 9.14. The second-order valence-electron chi connectivity index (χ2n) is 6.44. The minimum Gasteiger partial charge on any atom is -0.481 e. The number of pyridine rings is 2. The van der Waals surface area contributed by atoms with Gasteiger partial charge in [0.2, 0.25) is 11.8 Å². The SMILES string of the molecule is COc1ccc2cc(-c3cc(C)c4nc(OC)ccc4c3)cc(C)c2n1. The van der Waals surface area contributed by atoms with Crippen LogP contribution in [-0.2, 0) is 0 Å². The van der Waals surface area contributed by atoms with Gasteiger partial charge in [-0.2, -0.15) is 0 Å². The zero-order valence-corrected chi connectivity index (χ0v) is 15.3. The number of nitrogens with zero attached hydrogens (tertiary/aromatic N) is 2. The Kier molecular flexibility index (Phi) is 3.96. The van der Waals surface area contributed by atoms with Crippen molar-refractivity contribution in [3.05, 3.63) is 59.7 Å². The number of benzene rings is 2. The first-order valence-corrected chi connectivity index (χ1v) is 8.50. The highest BCUT2D eigenvalue weighted by molar-refractivity contribution is 5.92. The van der Waals surface area contributed by atoms with E-state index in [2.05, 4.69) is 60.2 Å². The van der Waals surface area contributed by atoms with Gasteiger partial charge in [-0.25, -0.2) is 9.97 Å². The van der Waals surface area contributed by atoms with Gasteiger partial charge in [0.05, 0.1) is 25.3 Å². The van der Waals surface area contributed by atoms with Crippen molar-refractivity contribution < 1.29 is 9.47 Å². The van der Waals surface area contributed by atoms with Crippen LogP contribution in [0.5, 0.6) is 11.8 Å². The van der Waals surface area contributed by atoms with Crippen LogP contribution in [0.1, 0.15) is 11.1 Å². The first kappa shape index (κ1) is 16.3. The highest BCUT2D eigenvalue weighted by atomic mass is 16.5. The van der Waals surface area contributed by atoms with Gasteiger partial charge in [0.1, 0.15) is 0 Å². The van der Waals surface area contributed by atoms with Crippen LogP contribution in [0.3, 0.4) is 0 Å². The lowest BCUT2D eigenvalue weighted by Crippen LogP contribution is -1.92. The monoisotopic (exact) mass is 344 g/mol. The van der Waals surface area contributed by atoms with E-state index >= 15 is 0 Å². The molecule has 4 heteroatoms. The standard InChI is InChI=1S/C22H20N2O2/c1-13-9-17(11-15-5-7-19(25-3)23-21(13)15)18-10-14(2)22-16(12-18)6-8-20(24-22)26-4/h5-12H,1-4H3. The lowest BCUT2D eigenvalue weighted by molar-refractivity contribution is 0.399. The molecule has 0 radical (unpaired) electrons. The predicted octanol–water partition coefficient (Wildman–Crippen LogP) is 5.08. The molecule has 0 bridgehead atoms. The van der Waals surface area contributed by atoms with Crippen molar-refractivity contribution in [2.45, 2.75) is 13.8 Å². The van der Waals surface area contributed by atoms with Crippen molar-refractivity contribution in [2.75, 3.05) is 14.2 Å². The van der Waals surface area contributed by atoms with Crippen LogP contribution in [0.2, 0.25) is 0 Å². The number of ether oxygens (including phenoxy) is 2. The smallest absolute Gasteiger partial charge is 0.213 e. The molecule has 4 rings (SSSR count). The number of rotatable bonds is 3. The van der Waals surface area contributed by atoms with Gasteiger partial charge in [0, 0.05) is 22.9 Å². The van der Waals surface area contributed by atoms with E-state index in [-0.39, 0.29) is 0 Å². The quantitative estimate of drug-likeness (QED) is 0.519. The van der Waals surface area contributed by atoms with Crippen LogP contribution >= 0.6 is 0 Å². The molecular weight excluding hydrogens is 324 g/mol. The molecule has 0 N–H and O–H groups in total.